The molecular formula is C14H11ClF3NO. The van der Waals surface area contributed by atoms with E-state index in [-0.39, 0.29) is 17.4 Å². The second-order valence-electron chi connectivity index (χ2n) is 4.16. The molecule has 6 heteroatoms. The van der Waals surface area contributed by atoms with Crippen molar-refractivity contribution in [2.45, 2.75) is 19.0 Å². The van der Waals surface area contributed by atoms with E-state index in [9.17, 15) is 13.2 Å². The number of ether oxygens (including phenoxy) is 1. The molecule has 1 heterocycles. The number of pyridine rings is 1. The molecule has 2 nitrogen and oxygen atoms in total. The highest BCUT2D eigenvalue weighted by Crippen LogP contribution is 2.38. The van der Waals surface area contributed by atoms with Gasteiger partial charge in [-0.05, 0) is 19.1 Å². The van der Waals surface area contributed by atoms with Gasteiger partial charge >= 0.3 is 6.18 Å². The zero-order chi connectivity index (χ0) is 14.8. The molecule has 1 aromatic carbocycles. The fourth-order valence-electron chi connectivity index (χ4n) is 1.67. The van der Waals surface area contributed by atoms with E-state index < -0.39 is 11.7 Å². The van der Waals surface area contributed by atoms with Crippen LogP contribution in [0.15, 0.2) is 36.5 Å². The molecule has 0 aliphatic carbocycles. The minimum absolute atomic E-state index is 0.108. The zero-order valence-electron chi connectivity index (χ0n) is 10.5. The Balaban J connectivity index is 2.43. The third kappa shape index (κ3) is 3.22. The number of benzene rings is 1. The molecule has 0 bridgehead atoms. The number of aromatic nitrogens is 1. The Bertz CT molecular complexity index is 614. The third-order valence-corrected chi connectivity index (χ3v) is 2.92. The van der Waals surface area contributed by atoms with Crippen molar-refractivity contribution in [2.24, 2.45) is 0 Å². The molecule has 0 radical (unpaired) electrons. The van der Waals surface area contributed by atoms with Gasteiger partial charge in [-0.1, -0.05) is 12.1 Å². The molecule has 2 rings (SSSR count). The lowest BCUT2D eigenvalue weighted by atomic mass is 10.2. The number of rotatable bonds is 3. The first-order valence-electron chi connectivity index (χ1n) is 5.77. The number of nitrogens with zero attached hydrogens (tertiary/aromatic N) is 1. The fraction of sp³-hybridized carbons (Fsp3) is 0.214. The van der Waals surface area contributed by atoms with Crippen LogP contribution in [-0.2, 0) is 12.1 Å². The van der Waals surface area contributed by atoms with Crippen LogP contribution < -0.4 is 4.74 Å². The maximum absolute atomic E-state index is 12.9. The first-order valence-corrected chi connectivity index (χ1v) is 6.31. The minimum atomic E-state index is -4.47. The second kappa shape index (κ2) is 5.71. The van der Waals surface area contributed by atoms with Gasteiger partial charge in [-0.15, -0.1) is 11.6 Å². The predicted molar refractivity (Wildman–Crippen MR) is 70.0 cm³/mol. The Labute approximate surface area is 119 Å². The van der Waals surface area contributed by atoms with Gasteiger partial charge in [0.1, 0.15) is 11.5 Å². The normalized spacial score (nSPS) is 11.4. The minimum Gasteiger partial charge on any atom is -0.456 e. The van der Waals surface area contributed by atoms with Gasteiger partial charge in [-0.2, -0.15) is 13.2 Å². The van der Waals surface area contributed by atoms with Gasteiger partial charge in [0, 0.05) is 23.5 Å². The Hall–Kier alpha value is -1.75. The average molecular weight is 302 g/mol. The van der Waals surface area contributed by atoms with Crippen molar-refractivity contribution in [3.63, 3.8) is 0 Å². The maximum Gasteiger partial charge on any atom is 0.419 e. The summed E-state index contributed by atoms with van der Waals surface area (Å²) < 4.78 is 44.1. The number of halogens is 4. The molecule has 1 aromatic heterocycles. The molecule has 0 aliphatic rings. The third-order valence-electron chi connectivity index (χ3n) is 2.64. The second-order valence-corrected chi connectivity index (χ2v) is 4.43. The van der Waals surface area contributed by atoms with Crippen LogP contribution in [-0.4, -0.2) is 4.98 Å². The molecule has 0 saturated heterocycles. The van der Waals surface area contributed by atoms with E-state index in [0.717, 1.165) is 6.07 Å². The number of hydrogen-bond acceptors (Lipinski definition) is 2. The Morgan fingerprint density at radius 3 is 2.55 bits per heavy atom. The molecular weight excluding hydrogens is 291 g/mol. The highest BCUT2D eigenvalue weighted by Gasteiger charge is 2.34. The quantitative estimate of drug-likeness (QED) is 0.749. The smallest absolute Gasteiger partial charge is 0.419 e. The first kappa shape index (κ1) is 14.7. The van der Waals surface area contributed by atoms with Gasteiger partial charge in [0.2, 0.25) is 0 Å². The summed E-state index contributed by atoms with van der Waals surface area (Å²) in [6.07, 6.45) is -2.98. The lowest BCUT2D eigenvalue weighted by Gasteiger charge is -2.15. The summed E-state index contributed by atoms with van der Waals surface area (Å²) in [6.45, 7) is 1.72. The van der Waals surface area contributed by atoms with Crippen LogP contribution in [0.1, 0.15) is 16.8 Å². The zero-order valence-corrected chi connectivity index (χ0v) is 11.3. The summed E-state index contributed by atoms with van der Waals surface area (Å²) in [5.41, 5.74) is 0.350. The topological polar surface area (TPSA) is 22.1 Å². The van der Waals surface area contributed by atoms with Crippen molar-refractivity contribution < 1.29 is 17.9 Å². The van der Waals surface area contributed by atoms with E-state index in [1.807, 2.05) is 0 Å². The lowest BCUT2D eigenvalue weighted by Crippen LogP contribution is -2.07. The van der Waals surface area contributed by atoms with Gasteiger partial charge in [0.25, 0.3) is 0 Å². The van der Waals surface area contributed by atoms with Gasteiger partial charge in [0.05, 0.1) is 11.4 Å². The molecule has 0 saturated carbocycles. The largest absolute Gasteiger partial charge is 0.456 e. The van der Waals surface area contributed by atoms with Gasteiger partial charge in [0.15, 0.2) is 0 Å². The Morgan fingerprint density at radius 2 is 1.90 bits per heavy atom. The highest BCUT2D eigenvalue weighted by atomic mass is 35.5. The van der Waals surface area contributed by atoms with Crippen LogP contribution in [0.5, 0.6) is 11.5 Å². The molecule has 0 spiro atoms. The monoisotopic (exact) mass is 301 g/mol. The predicted octanol–water partition coefficient (Wildman–Crippen LogP) is 4.94. The molecule has 0 unspecified atom stereocenters. The van der Waals surface area contributed by atoms with Gasteiger partial charge < -0.3 is 4.74 Å². The first-order chi connectivity index (χ1) is 9.41. The standard InChI is InChI=1S/C14H11ClF3NO/c1-9-6-13(10(7-15)8-19-9)20-12-5-3-2-4-11(12)14(16,17)18/h2-6,8H,7H2,1H3. The van der Waals surface area contributed by atoms with Crippen molar-refractivity contribution in [1.29, 1.82) is 0 Å². The SMILES string of the molecule is Cc1cc(Oc2ccccc2C(F)(F)F)c(CCl)cn1. The summed E-state index contributed by atoms with van der Waals surface area (Å²) in [6, 6.07) is 6.61. The van der Waals surface area contributed by atoms with Crippen LogP contribution in [0.4, 0.5) is 13.2 Å². The van der Waals surface area contributed by atoms with E-state index in [2.05, 4.69) is 4.98 Å². The highest BCUT2D eigenvalue weighted by molar-refractivity contribution is 6.17. The summed E-state index contributed by atoms with van der Waals surface area (Å²) in [5, 5.41) is 0. The molecule has 0 N–H and O–H groups in total. The van der Waals surface area contributed by atoms with Crippen LogP contribution in [0, 0.1) is 6.92 Å². The van der Waals surface area contributed by atoms with Crippen molar-refractivity contribution in [3.8, 4) is 11.5 Å². The maximum atomic E-state index is 12.9. The van der Waals surface area contributed by atoms with Crippen molar-refractivity contribution in [2.75, 3.05) is 0 Å². The number of hydrogen-bond donors (Lipinski definition) is 0. The van der Waals surface area contributed by atoms with Crippen molar-refractivity contribution >= 4 is 11.6 Å². The summed E-state index contributed by atoms with van der Waals surface area (Å²) in [5.74, 6) is 0.137. The Morgan fingerprint density at radius 1 is 1.20 bits per heavy atom. The van der Waals surface area contributed by atoms with Crippen LogP contribution in [0.3, 0.4) is 0 Å². The van der Waals surface area contributed by atoms with Crippen LogP contribution in [0.25, 0.3) is 0 Å². The molecule has 20 heavy (non-hydrogen) atoms. The number of alkyl halides is 4. The Kier molecular flexibility index (Phi) is 4.18. The van der Waals surface area contributed by atoms with E-state index in [0.29, 0.717) is 11.3 Å². The summed E-state index contributed by atoms with van der Waals surface area (Å²) >= 11 is 5.74. The van der Waals surface area contributed by atoms with E-state index in [1.54, 1.807) is 13.0 Å². The number of para-hydroxylation sites is 1. The van der Waals surface area contributed by atoms with Crippen LogP contribution in [0.2, 0.25) is 0 Å². The molecule has 0 aliphatic heterocycles. The van der Waals surface area contributed by atoms with Crippen LogP contribution >= 0.6 is 11.6 Å². The van der Waals surface area contributed by atoms with Gasteiger partial charge in [-0.3, -0.25) is 4.98 Å². The molecule has 106 valence electrons. The van der Waals surface area contributed by atoms with Crippen molar-refractivity contribution in [3.05, 3.63) is 53.3 Å². The average Bonchev–Trinajstić information content (AvgIpc) is 2.38. The van der Waals surface area contributed by atoms with E-state index in [4.69, 9.17) is 16.3 Å². The number of aryl methyl sites for hydroxylation is 1. The molecule has 2 aromatic rings. The molecule has 0 amide bonds. The molecule has 0 atom stereocenters. The van der Waals surface area contributed by atoms with Gasteiger partial charge in [-0.25, -0.2) is 0 Å². The van der Waals surface area contributed by atoms with E-state index in [1.165, 1.54) is 24.4 Å². The molecule has 0 fully saturated rings. The lowest BCUT2D eigenvalue weighted by molar-refractivity contribution is -0.138. The summed E-state index contributed by atoms with van der Waals surface area (Å²) in [7, 11) is 0. The van der Waals surface area contributed by atoms with E-state index >= 15 is 0 Å². The summed E-state index contributed by atoms with van der Waals surface area (Å²) in [4.78, 5) is 4.04. The van der Waals surface area contributed by atoms with Crippen molar-refractivity contribution in [1.82, 2.24) is 4.98 Å². The fourth-order valence-corrected chi connectivity index (χ4v) is 1.87.